The van der Waals surface area contributed by atoms with E-state index in [2.05, 4.69) is 10.1 Å². The number of benzene rings is 1. The number of esters is 1. The smallest absolute Gasteiger partial charge is 0.408 e. The molecule has 0 fully saturated rings. The quantitative estimate of drug-likeness (QED) is 0.555. The molecular formula is C15H22NO6P. The number of hydrogen-bond donors (Lipinski definition) is 2. The Morgan fingerprint density at radius 1 is 1.30 bits per heavy atom. The predicted molar refractivity (Wildman–Crippen MR) is 85.2 cm³/mol. The number of carbonyl (C=O) groups excluding carboxylic acids is 2. The fourth-order valence-electron chi connectivity index (χ4n) is 1.90. The summed E-state index contributed by atoms with van der Waals surface area (Å²) in [7, 11) is -2.52. The molecule has 1 aromatic rings. The lowest BCUT2D eigenvalue weighted by atomic mass is 10.2. The van der Waals surface area contributed by atoms with Crippen molar-refractivity contribution in [3.8, 4) is 0 Å². The molecule has 0 aliphatic carbocycles. The largest absolute Gasteiger partial charge is 0.469 e. The molecule has 0 saturated heterocycles. The molecule has 1 amide bonds. The molecule has 128 valence electrons. The highest BCUT2D eigenvalue weighted by atomic mass is 31.2. The summed E-state index contributed by atoms with van der Waals surface area (Å²) < 4.78 is 21.7. The van der Waals surface area contributed by atoms with E-state index in [0.717, 1.165) is 5.56 Å². The molecule has 8 heteroatoms. The molecule has 7 nitrogen and oxygen atoms in total. The summed E-state index contributed by atoms with van der Waals surface area (Å²) in [6.07, 6.45) is -0.957. The number of rotatable bonds is 8. The zero-order valence-electron chi connectivity index (χ0n) is 13.2. The summed E-state index contributed by atoms with van der Waals surface area (Å²) in [6.45, 7) is 1.74. The lowest BCUT2D eigenvalue weighted by Gasteiger charge is -2.22. The molecule has 0 spiro atoms. The van der Waals surface area contributed by atoms with E-state index < -0.39 is 25.2 Å². The average Bonchev–Trinajstić information content (AvgIpc) is 2.56. The molecule has 2 atom stereocenters. The fourth-order valence-corrected chi connectivity index (χ4v) is 3.59. The van der Waals surface area contributed by atoms with E-state index in [1.165, 1.54) is 7.11 Å². The second-order valence-electron chi connectivity index (χ2n) is 4.94. The van der Waals surface area contributed by atoms with Crippen LogP contribution in [0.3, 0.4) is 0 Å². The highest BCUT2D eigenvalue weighted by molar-refractivity contribution is 7.58. The van der Waals surface area contributed by atoms with Crippen molar-refractivity contribution in [1.82, 2.24) is 5.32 Å². The van der Waals surface area contributed by atoms with Gasteiger partial charge in [0.15, 0.2) is 0 Å². The van der Waals surface area contributed by atoms with Crippen LogP contribution in [0.25, 0.3) is 0 Å². The first-order valence-corrected chi connectivity index (χ1v) is 9.16. The van der Waals surface area contributed by atoms with E-state index in [0.29, 0.717) is 0 Å². The Labute approximate surface area is 135 Å². The van der Waals surface area contributed by atoms with Gasteiger partial charge in [-0.05, 0) is 12.0 Å². The lowest BCUT2D eigenvalue weighted by molar-refractivity contribution is -0.140. The van der Waals surface area contributed by atoms with Crippen LogP contribution < -0.4 is 5.32 Å². The molecule has 0 heterocycles. The minimum absolute atomic E-state index is 0.0704. The van der Waals surface area contributed by atoms with Crippen LogP contribution >= 0.6 is 7.37 Å². The van der Waals surface area contributed by atoms with Gasteiger partial charge in [0, 0.05) is 6.16 Å². The molecule has 23 heavy (non-hydrogen) atoms. The minimum atomic E-state index is -3.73. The van der Waals surface area contributed by atoms with Gasteiger partial charge in [-0.25, -0.2) is 4.79 Å². The zero-order valence-corrected chi connectivity index (χ0v) is 14.1. The van der Waals surface area contributed by atoms with Crippen LogP contribution in [0.4, 0.5) is 4.79 Å². The molecule has 0 aromatic heterocycles. The van der Waals surface area contributed by atoms with Gasteiger partial charge >= 0.3 is 12.1 Å². The molecule has 2 N–H and O–H groups in total. The van der Waals surface area contributed by atoms with Crippen LogP contribution in [0, 0.1) is 0 Å². The maximum absolute atomic E-state index is 12.3. The first-order valence-electron chi connectivity index (χ1n) is 7.24. The number of carbonyl (C=O) groups is 2. The Hall–Kier alpha value is -1.85. The van der Waals surface area contributed by atoms with Crippen molar-refractivity contribution >= 4 is 19.4 Å². The minimum Gasteiger partial charge on any atom is -0.469 e. The molecule has 1 rings (SSSR count). The molecule has 0 radical (unpaired) electrons. The summed E-state index contributed by atoms with van der Waals surface area (Å²) in [6, 6.07) is 9.09. The van der Waals surface area contributed by atoms with E-state index in [1.807, 2.05) is 18.2 Å². The van der Waals surface area contributed by atoms with Crippen molar-refractivity contribution in [1.29, 1.82) is 0 Å². The van der Waals surface area contributed by atoms with Crippen LogP contribution in [0.5, 0.6) is 0 Å². The van der Waals surface area contributed by atoms with Crippen molar-refractivity contribution < 1.29 is 28.5 Å². The van der Waals surface area contributed by atoms with E-state index in [4.69, 9.17) is 4.74 Å². The Morgan fingerprint density at radius 3 is 2.52 bits per heavy atom. The SMILES string of the molecule is CCC(NC(=O)OCc1ccccc1)P(=O)(O)CCC(=O)OC. The van der Waals surface area contributed by atoms with E-state index in [-0.39, 0.29) is 25.6 Å². The normalized spacial score (nSPS) is 14.4. The van der Waals surface area contributed by atoms with Crippen molar-refractivity contribution in [3.05, 3.63) is 35.9 Å². The van der Waals surface area contributed by atoms with Crippen LogP contribution in [-0.4, -0.2) is 36.0 Å². The number of methoxy groups -OCH3 is 1. The van der Waals surface area contributed by atoms with Crippen LogP contribution in [0.2, 0.25) is 0 Å². The molecule has 0 aliphatic heterocycles. The van der Waals surface area contributed by atoms with Crippen molar-refractivity contribution in [2.75, 3.05) is 13.3 Å². The van der Waals surface area contributed by atoms with Gasteiger partial charge in [0.1, 0.15) is 12.4 Å². The molecule has 0 aliphatic rings. The Balaban J connectivity index is 2.51. The topological polar surface area (TPSA) is 102 Å². The number of hydrogen-bond acceptors (Lipinski definition) is 5. The van der Waals surface area contributed by atoms with Gasteiger partial charge in [0.05, 0.1) is 13.5 Å². The van der Waals surface area contributed by atoms with Gasteiger partial charge in [-0.2, -0.15) is 0 Å². The Kier molecular flexibility index (Phi) is 7.78. The third-order valence-corrected chi connectivity index (χ3v) is 5.57. The van der Waals surface area contributed by atoms with Crippen molar-refractivity contribution in [3.63, 3.8) is 0 Å². The van der Waals surface area contributed by atoms with Crippen molar-refractivity contribution in [2.24, 2.45) is 0 Å². The van der Waals surface area contributed by atoms with Crippen LogP contribution in [0.15, 0.2) is 30.3 Å². The Bertz CT molecular complexity index is 562. The molecule has 0 saturated carbocycles. The number of ether oxygens (including phenoxy) is 2. The highest BCUT2D eigenvalue weighted by Crippen LogP contribution is 2.46. The second kappa shape index (κ2) is 9.33. The second-order valence-corrected chi connectivity index (χ2v) is 7.52. The predicted octanol–water partition coefficient (Wildman–Crippen LogP) is 2.48. The van der Waals surface area contributed by atoms with Gasteiger partial charge in [-0.15, -0.1) is 0 Å². The third kappa shape index (κ3) is 6.84. The molecular weight excluding hydrogens is 321 g/mol. The first kappa shape index (κ1) is 19.2. The summed E-state index contributed by atoms with van der Waals surface area (Å²) in [5, 5.41) is 2.39. The van der Waals surface area contributed by atoms with Crippen LogP contribution in [-0.2, 0) is 25.4 Å². The van der Waals surface area contributed by atoms with Crippen molar-refractivity contribution in [2.45, 2.75) is 32.2 Å². The average molecular weight is 343 g/mol. The van der Waals surface area contributed by atoms with Crippen LogP contribution in [0.1, 0.15) is 25.3 Å². The molecule has 2 unspecified atom stereocenters. The van der Waals surface area contributed by atoms with E-state index in [9.17, 15) is 19.0 Å². The summed E-state index contributed by atoms with van der Waals surface area (Å²) in [5.41, 5.74) is 0.813. The van der Waals surface area contributed by atoms with Gasteiger partial charge in [-0.1, -0.05) is 37.3 Å². The molecule has 1 aromatic carbocycles. The number of nitrogens with one attached hydrogen (secondary N) is 1. The van der Waals surface area contributed by atoms with E-state index in [1.54, 1.807) is 19.1 Å². The highest BCUT2D eigenvalue weighted by Gasteiger charge is 2.31. The Morgan fingerprint density at radius 2 is 1.96 bits per heavy atom. The maximum Gasteiger partial charge on any atom is 0.408 e. The fraction of sp³-hybridized carbons (Fsp3) is 0.467. The van der Waals surface area contributed by atoms with E-state index >= 15 is 0 Å². The van der Waals surface area contributed by atoms with Gasteiger partial charge in [0.2, 0.25) is 7.37 Å². The number of amides is 1. The summed E-state index contributed by atoms with van der Waals surface area (Å²) in [5.74, 6) is -1.53. The third-order valence-electron chi connectivity index (χ3n) is 3.23. The number of alkyl carbamates (subject to hydrolysis) is 1. The summed E-state index contributed by atoms with van der Waals surface area (Å²) in [4.78, 5) is 32.9. The standard InChI is InChI=1S/C15H22NO6P/c1-3-13(23(19,20)10-9-14(17)21-2)16-15(18)22-11-12-7-5-4-6-8-12/h4-8,13H,3,9-11H2,1-2H3,(H,16,18)(H,19,20). The maximum atomic E-state index is 12.3. The monoisotopic (exact) mass is 343 g/mol. The lowest BCUT2D eigenvalue weighted by Crippen LogP contribution is -2.35. The first-order chi connectivity index (χ1) is 10.9. The summed E-state index contributed by atoms with van der Waals surface area (Å²) >= 11 is 0. The molecule has 0 bridgehead atoms. The van der Waals surface area contributed by atoms with Gasteiger partial charge < -0.3 is 19.7 Å². The van der Waals surface area contributed by atoms with Gasteiger partial charge in [-0.3, -0.25) is 9.36 Å². The van der Waals surface area contributed by atoms with Gasteiger partial charge in [0.25, 0.3) is 0 Å². The zero-order chi connectivity index (χ0) is 17.3.